The van der Waals surface area contributed by atoms with Gasteiger partial charge in [0, 0.05) is 18.5 Å². The molecule has 1 aromatic heterocycles. The van der Waals surface area contributed by atoms with Crippen molar-refractivity contribution in [2.45, 2.75) is 51.6 Å². The van der Waals surface area contributed by atoms with E-state index in [0.29, 0.717) is 16.5 Å². The molecule has 0 bridgehead atoms. The normalized spacial score (nSPS) is 15.3. The Bertz CT molecular complexity index is 1060. The zero-order valence-electron chi connectivity index (χ0n) is 16.1. The molecule has 1 atom stereocenters. The minimum absolute atomic E-state index is 0.00603. The number of hydrogen-bond acceptors (Lipinski definition) is 3. The molecule has 0 aliphatic carbocycles. The standard InChI is InChI=1S/C23H25N3O2/c1-16(17-9-5-4-6-10-17)24-22(27)18-12-13-19-20(15-18)25-21-11-7-2-3-8-14-26(21)23(19)28/h4-6,9-10,12-13,15-16H,2-3,7-8,11,14H2,1H3,(H,24,27)/t16-/m0/s1. The van der Waals surface area contributed by atoms with Crippen molar-refractivity contribution >= 4 is 16.8 Å². The predicted molar refractivity (Wildman–Crippen MR) is 110 cm³/mol. The van der Waals surface area contributed by atoms with Gasteiger partial charge in [0.1, 0.15) is 5.82 Å². The van der Waals surface area contributed by atoms with Gasteiger partial charge in [-0.05, 0) is 43.5 Å². The maximum atomic E-state index is 12.9. The van der Waals surface area contributed by atoms with Crippen LogP contribution in [-0.2, 0) is 13.0 Å². The average molecular weight is 375 g/mol. The second kappa shape index (κ2) is 7.97. The van der Waals surface area contributed by atoms with E-state index in [1.807, 2.05) is 41.8 Å². The van der Waals surface area contributed by atoms with Crippen molar-refractivity contribution in [3.63, 3.8) is 0 Å². The summed E-state index contributed by atoms with van der Waals surface area (Å²) < 4.78 is 1.82. The van der Waals surface area contributed by atoms with Crippen LogP contribution in [0.3, 0.4) is 0 Å². The number of amides is 1. The van der Waals surface area contributed by atoms with Gasteiger partial charge in [-0.3, -0.25) is 14.2 Å². The van der Waals surface area contributed by atoms with E-state index >= 15 is 0 Å². The van der Waals surface area contributed by atoms with Gasteiger partial charge in [0.25, 0.3) is 11.5 Å². The summed E-state index contributed by atoms with van der Waals surface area (Å²) in [5.41, 5.74) is 2.19. The van der Waals surface area contributed by atoms with Crippen molar-refractivity contribution in [2.24, 2.45) is 0 Å². The highest BCUT2D eigenvalue weighted by molar-refractivity contribution is 5.97. The summed E-state index contributed by atoms with van der Waals surface area (Å²) in [6, 6.07) is 14.9. The monoisotopic (exact) mass is 375 g/mol. The van der Waals surface area contributed by atoms with Gasteiger partial charge >= 0.3 is 0 Å². The van der Waals surface area contributed by atoms with Gasteiger partial charge in [-0.25, -0.2) is 4.98 Å². The van der Waals surface area contributed by atoms with Gasteiger partial charge in [0.2, 0.25) is 0 Å². The number of nitrogens with zero attached hydrogens (tertiary/aromatic N) is 2. The Morgan fingerprint density at radius 2 is 1.86 bits per heavy atom. The maximum Gasteiger partial charge on any atom is 0.261 e. The molecule has 4 rings (SSSR count). The molecule has 0 saturated heterocycles. The molecule has 2 aromatic carbocycles. The van der Waals surface area contributed by atoms with Gasteiger partial charge in [-0.1, -0.05) is 43.2 Å². The van der Waals surface area contributed by atoms with Crippen LogP contribution in [0.15, 0.2) is 53.3 Å². The third-order valence-corrected chi connectivity index (χ3v) is 5.48. The van der Waals surface area contributed by atoms with Crippen molar-refractivity contribution in [3.05, 3.63) is 75.8 Å². The van der Waals surface area contributed by atoms with Crippen molar-refractivity contribution in [1.82, 2.24) is 14.9 Å². The molecule has 1 aliphatic heterocycles. The lowest BCUT2D eigenvalue weighted by Gasteiger charge is -2.17. The third-order valence-electron chi connectivity index (χ3n) is 5.48. The van der Waals surface area contributed by atoms with Crippen molar-refractivity contribution in [1.29, 1.82) is 0 Å². The molecule has 0 saturated carbocycles. The zero-order chi connectivity index (χ0) is 19.5. The molecule has 3 aromatic rings. The highest BCUT2D eigenvalue weighted by atomic mass is 16.1. The van der Waals surface area contributed by atoms with Gasteiger partial charge in [0.05, 0.1) is 16.9 Å². The lowest BCUT2D eigenvalue weighted by molar-refractivity contribution is 0.0940. The van der Waals surface area contributed by atoms with Gasteiger partial charge in [-0.2, -0.15) is 0 Å². The molecule has 1 aliphatic rings. The predicted octanol–water partition coefficient (Wildman–Crippen LogP) is 4.00. The number of aryl methyl sites for hydroxylation is 1. The number of rotatable bonds is 3. The van der Waals surface area contributed by atoms with Gasteiger partial charge in [-0.15, -0.1) is 0 Å². The average Bonchev–Trinajstić information content (AvgIpc) is 2.69. The first-order valence-electron chi connectivity index (χ1n) is 10.0. The molecule has 0 radical (unpaired) electrons. The first-order chi connectivity index (χ1) is 13.6. The van der Waals surface area contributed by atoms with Crippen LogP contribution >= 0.6 is 0 Å². The highest BCUT2D eigenvalue weighted by Gasteiger charge is 2.16. The molecular weight excluding hydrogens is 350 g/mol. The smallest absolute Gasteiger partial charge is 0.261 e. The Morgan fingerprint density at radius 1 is 1.07 bits per heavy atom. The van der Waals surface area contributed by atoms with Crippen molar-refractivity contribution in [3.8, 4) is 0 Å². The topological polar surface area (TPSA) is 64.0 Å². The summed E-state index contributed by atoms with van der Waals surface area (Å²) in [4.78, 5) is 30.4. The summed E-state index contributed by atoms with van der Waals surface area (Å²) in [5.74, 6) is 0.680. The number of benzene rings is 2. The number of carbonyl (C=O) groups is 1. The number of fused-ring (bicyclic) bond motifs is 2. The lowest BCUT2D eigenvalue weighted by atomic mass is 10.1. The molecule has 2 heterocycles. The summed E-state index contributed by atoms with van der Waals surface area (Å²) in [7, 11) is 0. The largest absolute Gasteiger partial charge is 0.346 e. The van der Waals surface area contributed by atoms with E-state index < -0.39 is 0 Å². The van der Waals surface area contributed by atoms with E-state index in [0.717, 1.165) is 43.6 Å². The number of carbonyl (C=O) groups excluding carboxylic acids is 1. The third kappa shape index (κ3) is 3.70. The molecule has 5 nitrogen and oxygen atoms in total. The number of aromatic nitrogens is 2. The van der Waals surface area contributed by atoms with Crippen LogP contribution in [0, 0.1) is 0 Å². The van der Waals surface area contributed by atoms with E-state index in [4.69, 9.17) is 4.98 Å². The first kappa shape index (κ1) is 18.4. The second-order valence-electron chi connectivity index (χ2n) is 7.49. The fraction of sp³-hybridized carbons (Fsp3) is 0.348. The number of hydrogen-bond donors (Lipinski definition) is 1. The van der Waals surface area contributed by atoms with Crippen LogP contribution in [0.5, 0.6) is 0 Å². The Labute approximate surface area is 164 Å². The lowest BCUT2D eigenvalue weighted by Crippen LogP contribution is -2.28. The second-order valence-corrected chi connectivity index (χ2v) is 7.49. The Morgan fingerprint density at radius 3 is 2.68 bits per heavy atom. The molecule has 5 heteroatoms. The minimum Gasteiger partial charge on any atom is -0.346 e. The van der Waals surface area contributed by atoms with E-state index in [1.165, 1.54) is 6.42 Å². The van der Waals surface area contributed by atoms with Gasteiger partial charge in [0.15, 0.2) is 0 Å². The molecule has 0 unspecified atom stereocenters. The fourth-order valence-corrected chi connectivity index (χ4v) is 3.84. The molecule has 0 spiro atoms. The van der Waals surface area contributed by atoms with Crippen LogP contribution in [0.2, 0.25) is 0 Å². The van der Waals surface area contributed by atoms with Crippen LogP contribution in [0.1, 0.15) is 60.4 Å². The quantitative estimate of drug-likeness (QED) is 0.752. The fourth-order valence-electron chi connectivity index (χ4n) is 3.84. The Kier molecular flexibility index (Phi) is 5.24. The van der Waals surface area contributed by atoms with E-state index in [2.05, 4.69) is 5.32 Å². The summed E-state index contributed by atoms with van der Waals surface area (Å²) in [5, 5.41) is 3.60. The number of nitrogens with one attached hydrogen (secondary N) is 1. The van der Waals surface area contributed by atoms with E-state index in [1.54, 1.807) is 18.2 Å². The molecule has 144 valence electrons. The van der Waals surface area contributed by atoms with E-state index in [9.17, 15) is 9.59 Å². The SMILES string of the molecule is C[C@H](NC(=O)c1ccc2c(=O)n3c(nc2c1)CCCCCC3)c1ccccc1. The van der Waals surface area contributed by atoms with Crippen molar-refractivity contribution < 1.29 is 4.79 Å². The highest BCUT2D eigenvalue weighted by Crippen LogP contribution is 2.17. The van der Waals surface area contributed by atoms with Crippen molar-refractivity contribution in [2.75, 3.05) is 0 Å². The minimum atomic E-state index is -0.160. The van der Waals surface area contributed by atoms with Crippen LogP contribution < -0.4 is 10.9 Å². The zero-order valence-corrected chi connectivity index (χ0v) is 16.1. The van der Waals surface area contributed by atoms with Crippen LogP contribution in [0.25, 0.3) is 10.9 Å². The van der Waals surface area contributed by atoms with Crippen LogP contribution in [-0.4, -0.2) is 15.5 Å². The Hall–Kier alpha value is -2.95. The van der Waals surface area contributed by atoms with Crippen LogP contribution in [0.4, 0.5) is 0 Å². The summed E-state index contributed by atoms with van der Waals surface area (Å²) in [6.45, 7) is 2.69. The molecule has 28 heavy (non-hydrogen) atoms. The van der Waals surface area contributed by atoms with E-state index in [-0.39, 0.29) is 17.5 Å². The first-order valence-corrected chi connectivity index (χ1v) is 10.0. The van der Waals surface area contributed by atoms with Gasteiger partial charge < -0.3 is 5.32 Å². The Balaban J connectivity index is 1.64. The molecule has 1 amide bonds. The summed E-state index contributed by atoms with van der Waals surface area (Å²) >= 11 is 0. The molecular formula is C23H25N3O2. The molecule has 0 fully saturated rings. The maximum absolute atomic E-state index is 12.9. The molecule has 1 N–H and O–H groups in total. The summed E-state index contributed by atoms with van der Waals surface area (Å²) in [6.07, 6.45) is 5.20.